The lowest BCUT2D eigenvalue weighted by molar-refractivity contribution is -0.115. The fourth-order valence-corrected chi connectivity index (χ4v) is 2.93. The summed E-state index contributed by atoms with van der Waals surface area (Å²) in [4.78, 5) is 17.2. The van der Waals surface area contributed by atoms with Crippen molar-refractivity contribution in [3.05, 3.63) is 70.1 Å². The largest absolute Gasteiger partial charge is 0.300 e. The molecule has 4 heteroatoms. The van der Waals surface area contributed by atoms with Gasteiger partial charge in [-0.1, -0.05) is 48.0 Å². The highest BCUT2D eigenvalue weighted by Gasteiger charge is 2.23. The molecule has 0 bridgehead atoms. The van der Waals surface area contributed by atoms with Crippen LogP contribution in [0.5, 0.6) is 0 Å². The van der Waals surface area contributed by atoms with E-state index in [9.17, 15) is 4.79 Å². The average molecular weight is 308 g/mol. The maximum atomic E-state index is 12.1. The number of benzene rings is 2. The molecule has 0 saturated carbocycles. The van der Waals surface area contributed by atoms with Crippen LogP contribution in [0.4, 0.5) is 5.69 Å². The molecule has 1 N–H and O–H groups in total. The first-order valence-electron chi connectivity index (χ1n) is 7.04. The predicted molar refractivity (Wildman–Crippen MR) is 93.2 cm³/mol. The van der Waals surface area contributed by atoms with Crippen LogP contribution in [0, 0.1) is 13.8 Å². The minimum Gasteiger partial charge on any atom is -0.300 e. The van der Waals surface area contributed by atoms with Crippen molar-refractivity contribution < 1.29 is 4.79 Å². The number of carbonyl (C=O) groups is 1. The maximum absolute atomic E-state index is 12.1. The van der Waals surface area contributed by atoms with Crippen molar-refractivity contribution in [1.29, 1.82) is 0 Å². The first-order chi connectivity index (χ1) is 10.6. The molecule has 0 spiro atoms. The third kappa shape index (κ3) is 3.28. The summed E-state index contributed by atoms with van der Waals surface area (Å²) in [6.07, 6.45) is 1.89. The van der Waals surface area contributed by atoms with Crippen LogP contribution < -0.4 is 5.32 Å². The van der Waals surface area contributed by atoms with Crippen molar-refractivity contribution in [2.75, 3.05) is 0 Å². The first kappa shape index (κ1) is 14.6. The van der Waals surface area contributed by atoms with Gasteiger partial charge in [0.25, 0.3) is 5.91 Å². The van der Waals surface area contributed by atoms with E-state index in [1.165, 1.54) is 17.3 Å². The quantitative estimate of drug-likeness (QED) is 0.845. The zero-order chi connectivity index (χ0) is 15.5. The Bertz CT molecular complexity index is 776. The number of carbonyl (C=O) groups excluding carboxylic acids is 1. The van der Waals surface area contributed by atoms with E-state index in [2.05, 4.69) is 10.3 Å². The van der Waals surface area contributed by atoms with Gasteiger partial charge in [-0.3, -0.25) is 4.79 Å². The maximum Gasteiger partial charge on any atom is 0.264 e. The van der Waals surface area contributed by atoms with E-state index in [-0.39, 0.29) is 5.91 Å². The number of amides is 1. The number of aryl methyl sites for hydroxylation is 2. The molecule has 0 unspecified atom stereocenters. The van der Waals surface area contributed by atoms with Crippen LogP contribution in [0.25, 0.3) is 6.08 Å². The number of rotatable bonds is 2. The molecule has 1 fully saturated rings. The summed E-state index contributed by atoms with van der Waals surface area (Å²) in [5.41, 5.74) is 4.18. The number of nitrogens with zero attached hydrogens (tertiary/aromatic N) is 1. The van der Waals surface area contributed by atoms with Crippen molar-refractivity contribution >= 4 is 34.6 Å². The van der Waals surface area contributed by atoms with Crippen LogP contribution in [0.3, 0.4) is 0 Å². The van der Waals surface area contributed by atoms with Crippen LogP contribution in [0.15, 0.2) is 58.4 Å². The summed E-state index contributed by atoms with van der Waals surface area (Å²) >= 11 is 1.37. The number of thioether (sulfide) groups is 1. The Morgan fingerprint density at radius 1 is 1.05 bits per heavy atom. The van der Waals surface area contributed by atoms with Crippen molar-refractivity contribution in [3.63, 3.8) is 0 Å². The summed E-state index contributed by atoms with van der Waals surface area (Å²) in [5, 5.41) is 3.44. The molecular formula is C18H16N2OS. The highest BCUT2D eigenvalue weighted by molar-refractivity contribution is 8.18. The van der Waals surface area contributed by atoms with Gasteiger partial charge >= 0.3 is 0 Å². The Hall–Kier alpha value is -2.33. The second-order valence-corrected chi connectivity index (χ2v) is 6.21. The predicted octanol–water partition coefficient (Wildman–Crippen LogP) is 4.20. The molecule has 3 nitrogen and oxygen atoms in total. The van der Waals surface area contributed by atoms with Gasteiger partial charge in [0.05, 0.1) is 10.6 Å². The summed E-state index contributed by atoms with van der Waals surface area (Å²) in [6.45, 7) is 4.05. The van der Waals surface area contributed by atoms with Crippen LogP contribution in [0.1, 0.15) is 16.7 Å². The molecule has 0 atom stereocenters. The molecule has 2 aromatic rings. The van der Waals surface area contributed by atoms with Crippen LogP contribution >= 0.6 is 11.8 Å². The molecule has 0 radical (unpaired) electrons. The summed E-state index contributed by atoms with van der Waals surface area (Å²) in [6, 6.07) is 15.9. The summed E-state index contributed by atoms with van der Waals surface area (Å²) in [7, 11) is 0. The lowest BCUT2D eigenvalue weighted by Gasteiger charge is -1.99. The van der Waals surface area contributed by atoms with Gasteiger partial charge < -0.3 is 5.32 Å². The molecule has 110 valence electrons. The minimum atomic E-state index is -0.0992. The summed E-state index contributed by atoms with van der Waals surface area (Å²) in [5.74, 6) is -0.0992. The molecule has 1 saturated heterocycles. The van der Waals surface area contributed by atoms with Crippen molar-refractivity contribution in [1.82, 2.24) is 5.32 Å². The fraction of sp³-hybridized carbons (Fsp3) is 0.111. The smallest absolute Gasteiger partial charge is 0.264 e. The van der Waals surface area contributed by atoms with E-state index in [1.54, 1.807) is 0 Å². The molecule has 0 aliphatic carbocycles. The van der Waals surface area contributed by atoms with Crippen molar-refractivity contribution in [2.45, 2.75) is 13.8 Å². The Kier molecular flexibility index (Phi) is 4.11. The minimum absolute atomic E-state index is 0.0992. The standard InChI is InChI=1S/C18H16N2OS/c1-12-7-9-14(10-8-12)11-16-17(21)20-18(22-16)19-15-6-4-3-5-13(15)2/h3-11H,1-2H3,(H,19,20,21)/b16-11-. The molecule has 22 heavy (non-hydrogen) atoms. The number of aliphatic imine (C=N–C) groups is 1. The zero-order valence-electron chi connectivity index (χ0n) is 12.5. The van der Waals surface area contributed by atoms with E-state index in [0.717, 1.165) is 16.8 Å². The number of para-hydroxylation sites is 1. The second-order valence-electron chi connectivity index (χ2n) is 5.18. The monoisotopic (exact) mass is 308 g/mol. The SMILES string of the molecule is Cc1ccc(/C=C2\SC(=Nc3ccccc3C)NC2=O)cc1. The average Bonchev–Trinajstić information content (AvgIpc) is 2.84. The highest BCUT2D eigenvalue weighted by atomic mass is 32.2. The Morgan fingerprint density at radius 3 is 2.50 bits per heavy atom. The normalized spacial score (nSPS) is 18.0. The molecule has 1 amide bonds. The molecular weight excluding hydrogens is 292 g/mol. The molecule has 3 rings (SSSR count). The molecule has 1 heterocycles. The Morgan fingerprint density at radius 2 is 1.77 bits per heavy atom. The van der Waals surface area contributed by atoms with Gasteiger partial charge in [0.2, 0.25) is 0 Å². The first-order valence-corrected chi connectivity index (χ1v) is 7.85. The van der Waals surface area contributed by atoms with Gasteiger partial charge in [-0.05, 0) is 48.9 Å². The van der Waals surface area contributed by atoms with Crippen molar-refractivity contribution in [2.24, 2.45) is 4.99 Å². The number of hydrogen-bond acceptors (Lipinski definition) is 3. The lowest BCUT2D eigenvalue weighted by Crippen LogP contribution is -2.19. The lowest BCUT2D eigenvalue weighted by atomic mass is 10.1. The van der Waals surface area contributed by atoms with Gasteiger partial charge in [0, 0.05) is 0 Å². The van der Waals surface area contributed by atoms with Gasteiger partial charge in [-0.25, -0.2) is 4.99 Å². The molecule has 2 aromatic carbocycles. The van der Waals surface area contributed by atoms with Gasteiger partial charge in [0.15, 0.2) is 5.17 Å². The van der Waals surface area contributed by atoms with E-state index in [4.69, 9.17) is 0 Å². The topological polar surface area (TPSA) is 41.5 Å². The van der Waals surface area contributed by atoms with Gasteiger partial charge in [-0.15, -0.1) is 0 Å². The third-order valence-electron chi connectivity index (χ3n) is 3.36. The number of nitrogens with one attached hydrogen (secondary N) is 1. The van der Waals surface area contributed by atoms with E-state index < -0.39 is 0 Å². The van der Waals surface area contributed by atoms with E-state index in [1.807, 2.05) is 68.5 Å². The van der Waals surface area contributed by atoms with Gasteiger partial charge in [-0.2, -0.15) is 0 Å². The van der Waals surface area contributed by atoms with Crippen LogP contribution in [-0.2, 0) is 4.79 Å². The molecule has 1 aliphatic rings. The van der Waals surface area contributed by atoms with Crippen LogP contribution in [0.2, 0.25) is 0 Å². The molecule has 1 aliphatic heterocycles. The molecule has 0 aromatic heterocycles. The highest BCUT2D eigenvalue weighted by Crippen LogP contribution is 2.28. The third-order valence-corrected chi connectivity index (χ3v) is 4.27. The summed E-state index contributed by atoms with van der Waals surface area (Å²) < 4.78 is 0. The number of hydrogen-bond donors (Lipinski definition) is 1. The fourth-order valence-electron chi connectivity index (χ4n) is 2.09. The van der Waals surface area contributed by atoms with Crippen molar-refractivity contribution in [3.8, 4) is 0 Å². The van der Waals surface area contributed by atoms with E-state index in [0.29, 0.717) is 10.1 Å². The zero-order valence-corrected chi connectivity index (χ0v) is 13.3. The second kappa shape index (κ2) is 6.20. The van der Waals surface area contributed by atoms with E-state index >= 15 is 0 Å². The Balaban J connectivity index is 1.84. The van der Waals surface area contributed by atoms with Gasteiger partial charge in [0.1, 0.15) is 0 Å². The Labute approximate surface area is 134 Å². The number of amidine groups is 1. The van der Waals surface area contributed by atoms with Crippen LogP contribution in [-0.4, -0.2) is 11.1 Å².